The maximum absolute atomic E-state index is 13.3. The second-order valence-corrected chi connectivity index (χ2v) is 8.96. The Balaban J connectivity index is 1.45. The van der Waals surface area contributed by atoms with Crippen LogP contribution in [0.1, 0.15) is 41.6 Å². The summed E-state index contributed by atoms with van der Waals surface area (Å²) in [6, 6.07) is 9.39. The average molecular weight is 447 g/mol. The van der Waals surface area contributed by atoms with Gasteiger partial charge in [-0.1, -0.05) is 18.2 Å². The molecule has 5 rings (SSSR count). The van der Waals surface area contributed by atoms with Crippen LogP contribution in [-0.2, 0) is 16.0 Å². The molecule has 3 heterocycles. The van der Waals surface area contributed by atoms with Crippen molar-refractivity contribution < 1.29 is 19.7 Å². The molecule has 3 aliphatic rings. The summed E-state index contributed by atoms with van der Waals surface area (Å²) in [6.45, 7) is 2.06. The summed E-state index contributed by atoms with van der Waals surface area (Å²) >= 11 is 0. The molecule has 5 N–H and O–H groups in total. The first kappa shape index (κ1) is 21.5. The van der Waals surface area contributed by atoms with Crippen LogP contribution in [0.25, 0.3) is 10.8 Å². The second kappa shape index (κ2) is 8.88. The highest BCUT2D eigenvalue weighted by Gasteiger charge is 2.40. The molecular weight excluding hydrogens is 418 g/mol. The summed E-state index contributed by atoms with van der Waals surface area (Å²) in [5, 5.41) is 17.7. The maximum atomic E-state index is 13.3. The molecular formula is C25H28N5O3+. The zero-order valence-corrected chi connectivity index (χ0v) is 18.4. The fourth-order valence-electron chi connectivity index (χ4n) is 5.13. The summed E-state index contributed by atoms with van der Waals surface area (Å²) in [6.07, 6.45) is 6.83. The number of imide groups is 1. The van der Waals surface area contributed by atoms with E-state index in [-0.39, 0.29) is 18.2 Å². The van der Waals surface area contributed by atoms with Gasteiger partial charge in [0.2, 0.25) is 11.8 Å². The van der Waals surface area contributed by atoms with Crippen LogP contribution in [0.3, 0.4) is 0 Å². The van der Waals surface area contributed by atoms with E-state index in [2.05, 4.69) is 22.2 Å². The summed E-state index contributed by atoms with van der Waals surface area (Å²) in [5.74, 6) is -0.926. The maximum Gasteiger partial charge on any atom is 0.259 e. The zero-order valence-electron chi connectivity index (χ0n) is 18.4. The van der Waals surface area contributed by atoms with Crippen molar-refractivity contribution in [1.29, 1.82) is 5.41 Å². The number of nitrogens with one attached hydrogen (secondary N) is 3. The monoisotopic (exact) mass is 446 g/mol. The zero-order chi connectivity index (χ0) is 22.9. The van der Waals surface area contributed by atoms with E-state index in [0.717, 1.165) is 47.8 Å². The highest BCUT2D eigenvalue weighted by molar-refractivity contribution is 6.27. The number of carbonyl (C=O) groups is 3. The number of hydrogen-bond acceptors (Lipinski definition) is 5. The van der Waals surface area contributed by atoms with Gasteiger partial charge in [-0.05, 0) is 29.5 Å². The van der Waals surface area contributed by atoms with Crippen LogP contribution in [0.15, 0.2) is 42.1 Å². The van der Waals surface area contributed by atoms with Crippen molar-refractivity contribution in [1.82, 2.24) is 10.6 Å². The summed E-state index contributed by atoms with van der Waals surface area (Å²) in [4.78, 5) is 38.9. The molecule has 2 fully saturated rings. The Morgan fingerprint density at radius 2 is 1.94 bits per heavy atom. The van der Waals surface area contributed by atoms with E-state index in [9.17, 15) is 14.4 Å². The van der Waals surface area contributed by atoms with Gasteiger partial charge < -0.3 is 16.0 Å². The number of rotatable bonds is 6. The van der Waals surface area contributed by atoms with E-state index in [4.69, 9.17) is 5.41 Å². The number of anilines is 1. The highest BCUT2D eigenvalue weighted by Crippen LogP contribution is 2.41. The molecule has 0 spiro atoms. The van der Waals surface area contributed by atoms with Gasteiger partial charge in [0.05, 0.1) is 17.9 Å². The topological polar surface area (TPSA) is 119 Å². The summed E-state index contributed by atoms with van der Waals surface area (Å²) in [7, 11) is 0. The lowest BCUT2D eigenvalue weighted by atomic mass is 9.96. The van der Waals surface area contributed by atoms with Gasteiger partial charge in [-0.3, -0.25) is 24.6 Å². The first-order valence-corrected chi connectivity index (χ1v) is 11.5. The molecule has 8 nitrogen and oxygen atoms in total. The minimum atomic E-state index is -0.687. The number of hydrogen-bond donors (Lipinski definition) is 4. The Morgan fingerprint density at radius 1 is 1.12 bits per heavy atom. The normalized spacial score (nSPS) is 21.6. The molecule has 3 aliphatic heterocycles. The highest BCUT2D eigenvalue weighted by atomic mass is 16.2. The summed E-state index contributed by atoms with van der Waals surface area (Å²) < 4.78 is 0. The van der Waals surface area contributed by atoms with Crippen molar-refractivity contribution in [3.05, 3.63) is 53.2 Å². The molecule has 33 heavy (non-hydrogen) atoms. The van der Waals surface area contributed by atoms with Crippen LogP contribution in [0.2, 0.25) is 0 Å². The molecule has 0 bridgehead atoms. The molecule has 2 aromatic rings. The number of allylic oxidation sites excluding steroid dienone is 1. The molecule has 1 atom stereocenters. The predicted octanol–water partition coefficient (Wildman–Crippen LogP) is 0.997. The lowest BCUT2D eigenvalue weighted by molar-refractivity contribution is -0.629. The van der Waals surface area contributed by atoms with Crippen LogP contribution in [-0.4, -0.2) is 49.1 Å². The summed E-state index contributed by atoms with van der Waals surface area (Å²) in [5.41, 5.74) is 3.25. The Labute approximate surface area is 191 Å². The molecule has 3 amide bonds. The fraction of sp³-hybridized carbons (Fsp3) is 0.360. The Hall–Kier alpha value is -3.36. The Morgan fingerprint density at radius 3 is 2.70 bits per heavy atom. The lowest BCUT2D eigenvalue weighted by Gasteiger charge is -2.30. The van der Waals surface area contributed by atoms with E-state index in [1.54, 1.807) is 11.0 Å². The van der Waals surface area contributed by atoms with Crippen LogP contribution in [0, 0.1) is 5.41 Å². The number of nitrogens with zero attached hydrogens (tertiary/aromatic N) is 1. The second-order valence-electron chi connectivity index (χ2n) is 8.96. The molecule has 0 aliphatic carbocycles. The van der Waals surface area contributed by atoms with E-state index in [0.29, 0.717) is 30.1 Å². The van der Waals surface area contributed by atoms with Crippen LogP contribution in [0.5, 0.6) is 0 Å². The van der Waals surface area contributed by atoms with Crippen molar-refractivity contribution in [2.24, 2.45) is 0 Å². The average Bonchev–Trinajstić information content (AvgIpc) is 3.11. The van der Waals surface area contributed by atoms with Crippen molar-refractivity contribution >= 4 is 40.4 Å². The van der Waals surface area contributed by atoms with E-state index in [1.165, 1.54) is 6.21 Å². The SMILES string of the molecule is N=C/C(=C\[NH2+]C1CCNCC1)Cc1ccc2c3c(cccc13)C(=O)N2C1CCC(=O)NC1=O. The molecule has 170 valence electrons. The van der Waals surface area contributed by atoms with Gasteiger partial charge >= 0.3 is 0 Å². The molecule has 0 saturated carbocycles. The van der Waals surface area contributed by atoms with Gasteiger partial charge in [0.1, 0.15) is 6.04 Å². The van der Waals surface area contributed by atoms with Gasteiger partial charge in [0.25, 0.3) is 5.91 Å². The van der Waals surface area contributed by atoms with Crippen molar-refractivity contribution in [2.75, 3.05) is 18.0 Å². The third-order valence-electron chi connectivity index (χ3n) is 6.89. The number of piperidine rings is 2. The van der Waals surface area contributed by atoms with Gasteiger partial charge in [-0.2, -0.15) is 0 Å². The fourth-order valence-corrected chi connectivity index (χ4v) is 5.13. The number of carbonyl (C=O) groups excluding carboxylic acids is 3. The molecule has 0 radical (unpaired) electrons. The van der Waals surface area contributed by atoms with E-state index >= 15 is 0 Å². The largest absolute Gasteiger partial charge is 0.317 e. The molecule has 0 aromatic heterocycles. The van der Waals surface area contributed by atoms with Gasteiger partial charge in [0, 0.05) is 61.5 Å². The number of quaternary nitrogens is 1. The number of nitrogens with two attached hydrogens (primary N) is 1. The number of amides is 3. The van der Waals surface area contributed by atoms with Gasteiger partial charge in [-0.15, -0.1) is 0 Å². The van der Waals surface area contributed by atoms with Crippen molar-refractivity contribution in [2.45, 2.75) is 44.2 Å². The molecule has 2 saturated heterocycles. The Kier molecular flexibility index (Phi) is 5.78. The quantitative estimate of drug-likeness (QED) is 0.391. The van der Waals surface area contributed by atoms with Crippen molar-refractivity contribution in [3.63, 3.8) is 0 Å². The van der Waals surface area contributed by atoms with Crippen LogP contribution < -0.4 is 20.9 Å². The molecule has 2 aromatic carbocycles. The molecule has 8 heteroatoms. The van der Waals surface area contributed by atoms with Crippen LogP contribution >= 0.6 is 0 Å². The van der Waals surface area contributed by atoms with Crippen molar-refractivity contribution in [3.8, 4) is 0 Å². The standard InChI is InChI=1S/C25H27N5O3/c26-13-15(14-28-17-8-10-27-11-9-17)12-16-4-5-20-23-18(16)2-1-3-19(23)25(33)30(20)21-6-7-22(31)29-24(21)32/h1-5,13-14,17,21,26-28H,6-12H2,(H,29,31,32)/p+1/b15-14-,26-13?. The minimum absolute atomic E-state index is 0.204. The molecule has 1 unspecified atom stereocenters. The smallest absolute Gasteiger partial charge is 0.259 e. The number of benzene rings is 2. The third-order valence-corrected chi connectivity index (χ3v) is 6.89. The van der Waals surface area contributed by atoms with Gasteiger partial charge in [-0.25, -0.2) is 0 Å². The van der Waals surface area contributed by atoms with E-state index < -0.39 is 11.9 Å². The first-order chi connectivity index (χ1) is 16.1. The lowest BCUT2D eigenvalue weighted by Crippen LogP contribution is -2.86. The first-order valence-electron chi connectivity index (χ1n) is 11.5. The van der Waals surface area contributed by atoms with E-state index in [1.807, 2.05) is 24.3 Å². The predicted molar refractivity (Wildman–Crippen MR) is 125 cm³/mol. The van der Waals surface area contributed by atoms with Gasteiger partial charge in [0.15, 0.2) is 0 Å². The van der Waals surface area contributed by atoms with Crippen LogP contribution in [0.4, 0.5) is 5.69 Å². The Bertz CT molecular complexity index is 1180. The third kappa shape index (κ3) is 3.96. The minimum Gasteiger partial charge on any atom is -0.317 e.